The lowest BCUT2D eigenvalue weighted by Crippen LogP contribution is -2.02. The van der Waals surface area contributed by atoms with E-state index in [9.17, 15) is 0 Å². The summed E-state index contributed by atoms with van der Waals surface area (Å²) in [5, 5.41) is 0. The number of rotatable bonds is 2. The predicted molar refractivity (Wildman–Crippen MR) is 62.2 cm³/mol. The van der Waals surface area contributed by atoms with Crippen molar-refractivity contribution in [3.63, 3.8) is 0 Å². The Bertz CT molecular complexity index is 136. The van der Waals surface area contributed by atoms with Crippen molar-refractivity contribution < 1.29 is 0 Å². The highest BCUT2D eigenvalue weighted by atomic mass is 127. The van der Waals surface area contributed by atoms with Crippen LogP contribution in [0.1, 0.15) is 32.1 Å². The molecular weight excluding hydrogens is 267 g/mol. The summed E-state index contributed by atoms with van der Waals surface area (Å²) in [6.07, 6.45) is 11.8. The van der Waals surface area contributed by atoms with Crippen LogP contribution in [-0.4, -0.2) is 6.26 Å². The predicted octanol–water partition coefficient (Wildman–Crippen LogP) is 4.21. The average Bonchev–Trinajstić information content (AvgIpc) is 2.06. The summed E-state index contributed by atoms with van der Waals surface area (Å²) in [5.41, 5.74) is 0. The second-order valence-electron chi connectivity index (χ2n) is 3.07. The van der Waals surface area contributed by atoms with Crippen LogP contribution in [0.4, 0.5) is 0 Å². The largest absolute Gasteiger partial charge is 0.123 e. The monoisotopic (exact) mass is 282 g/mol. The molecule has 0 atom stereocenters. The number of hydrogen-bond acceptors (Lipinski definition) is 1. The summed E-state index contributed by atoms with van der Waals surface area (Å²) in [4.78, 5) is 0. The molecule has 0 aromatic heterocycles. The maximum absolute atomic E-state index is 2.45. The fraction of sp³-hybridized carbons (Fsp3) is 0.778. The van der Waals surface area contributed by atoms with Gasteiger partial charge in [0, 0.05) is 2.91 Å². The number of halogens is 1. The Morgan fingerprint density at radius 3 is 2.55 bits per heavy atom. The molecule has 0 spiro atoms. The molecular formula is C9H15IS. The van der Waals surface area contributed by atoms with Crippen molar-refractivity contribution in [2.24, 2.45) is 5.92 Å². The molecule has 2 heteroatoms. The molecule has 0 bridgehead atoms. The fourth-order valence-electron chi connectivity index (χ4n) is 1.55. The van der Waals surface area contributed by atoms with Gasteiger partial charge >= 0.3 is 0 Å². The van der Waals surface area contributed by atoms with Crippen LogP contribution in [0, 0.1) is 5.92 Å². The van der Waals surface area contributed by atoms with E-state index < -0.39 is 0 Å². The second-order valence-corrected chi connectivity index (χ2v) is 5.82. The molecule has 1 aliphatic carbocycles. The van der Waals surface area contributed by atoms with E-state index in [2.05, 4.69) is 34.9 Å². The van der Waals surface area contributed by atoms with E-state index in [1.165, 1.54) is 35.0 Å². The zero-order valence-corrected chi connectivity index (χ0v) is 9.95. The first-order valence-electron chi connectivity index (χ1n) is 4.24. The molecule has 0 heterocycles. The highest BCUT2D eigenvalue weighted by molar-refractivity contribution is 14.1. The molecule has 0 aromatic carbocycles. The van der Waals surface area contributed by atoms with Crippen molar-refractivity contribution >= 4 is 34.4 Å². The molecule has 0 nitrogen and oxygen atoms in total. The maximum Gasteiger partial charge on any atom is 0.0417 e. The number of allylic oxidation sites excluding steroid dienone is 1. The third-order valence-corrected chi connectivity index (χ3v) is 4.42. The van der Waals surface area contributed by atoms with Gasteiger partial charge in [-0.2, -0.15) is 0 Å². The summed E-state index contributed by atoms with van der Waals surface area (Å²) >= 11 is 4.30. The Hall–Kier alpha value is 0.820. The van der Waals surface area contributed by atoms with Crippen LogP contribution in [0.5, 0.6) is 0 Å². The topological polar surface area (TPSA) is 0 Å². The molecule has 0 unspecified atom stereocenters. The molecule has 11 heavy (non-hydrogen) atoms. The molecule has 0 N–H and O–H groups in total. The van der Waals surface area contributed by atoms with Crippen LogP contribution in [-0.2, 0) is 0 Å². The van der Waals surface area contributed by atoms with Gasteiger partial charge in [0.2, 0.25) is 0 Å². The van der Waals surface area contributed by atoms with E-state index in [-0.39, 0.29) is 0 Å². The second kappa shape index (κ2) is 5.46. The van der Waals surface area contributed by atoms with Gasteiger partial charge in [0.15, 0.2) is 0 Å². The van der Waals surface area contributed by atoms with Gasteiger partial charge in [-0.15, -0.1) is 11.8 Å². The first kappa shape index (κ1) is 9.90. The summed E-state index contributed by atoms with van der Waals surface area (Å²) in [6, 6.07) is 0. The molecule has 0 saturated heterocycles. The van der Waals surface area contributed by atoms with Crippen molar-refractivity contribution in [2.45, 2.75) is 32.1 Å². The van der Waals surface area contributed by atoms with Gasteiger partial charge < -0.3 is 0 Å². The lowest BCUT2D eigenvalue weighted by molar-refractivity contribution is 0.419. The van der Waals surface area contributed by atoms with Crippen molar-refractivity contribution in [3.8, 4) is 0 Å². The van der Waals surface area contributed by atoms with Crippen LogP contribution in [0.25, 0.3) is 0 Å². The normalized spacial score (nSPS) is 22.2. The van der Waals surface area contributed by atoms with Crippen molar-refractivity contribution in [1.29, 1.82) is 0 Å². The van der Waals surface area contributed by atoms with Crippen molar-refractivity contribution in [2.75, 3.05) is 6.26 Å². The maximum atomic E-state index is 2.45. The minimum atomic E-state index is 0.892. The molecule has 0 aromatic rings. The summed E-state index contributed by atoms with van der Waals surface area (Å²) in [7, 11) is 0. The zero-order valence-electron chi connectivity index (χ0n) is 6.98. The molecule has 0 amide bonds. The quantitative estimate of drug-likeness (QED) is 0.684. The lowest BCUT2D eigenvalue weighted by Gasteiger charge is -2.18. The molecule has 64 valence electrons. The molecule has 1 saturated carbocycles. The highest BCUT2D eigenvalue weighted by Crippen LogP contribution is 2.29. The van der Waals surface area contributed by atoms with Gasteiger partial charge in [0.05, 0.1) is 0 Å². The summed E-state index contributed by atoms with van der Waals surface area (Å²) in [6.45, 7) is 0. The van der Waals surface area contributed by atoms with Crippen molar-refractivity contribution in [3.05, 3.63) is 8.99 Å². The van der Waals surface area contributed by atoms with E-state index >= 15 is 0 Å². The Labute approximate surface area is 87.3 Å². The van der Waals surface area contributed by atoms with E-state index in [1.54, 1.807) is 0 Å². The van der Waals surface area contributed by atoms with Gasteiger partial charge in [-0.05, 0) is 47.6 Å². The van der Waals surface area contributed by atoms with Crippen LogP contribution in [0.3, 0.4) is 0 Å². The minimum Gasteiger partial charge on any atom is -0.123 e. The fourth-order valence-corrected chi connectivity index (χ4v) is 2.39. The Balaban J connectivity index is 2.34. The van der Waals surface area contributed by atoms with E-state index in [0.717, 1.165) is 5.92 Å². The SMILES string of the molecule is CS/C(I)=C\C1CCCCC1. The summed E-state index contributed by atoms with van der Waals surface area (Å²) < 4.78 is 1.47. The van der Waals surface area contributed by atoms with E-state index in [1.807, 2.05) is 11.8 Å². The van der Waals surface area contributed by atoms with Gasteiger partial charge in [-0.25, -0.2) is 0 Å². The molecule has 1 aliphatic rings. The Kier molecular flexibility index (Phi) is 4.92. The van der Waals surface area contributed by atoms with E-state index in [4.69, 9.17) is 0 Å². The van der Waals surface area contributed by atoms with Gasteiger partial charge in [0.1, 0.15) is 0 Å². The van der Waals surface area contributed by atoms with Gasteiger partial charge in [0.25, 0.3) is 0 Å². The van der Waals surface area contributed by atoms with Crippen LogP contribution in [0.2, 0.25) is 0 Å². The average molecular weight is 282 g/mol. The number of hydrogen-bond donors (Lipinski definition) is 0. The highest BCUT2D eigenvalue weighted by Gasteiger charge is 2.10. The Morgan fingerprint density at radius 1 is 1.36 bits per heavy atom. The van der Waals surface area contributed by atoms with Crippen LogP contribution >= 0.6 is 34.4 Å². The summed E-state index contributed by atoms with van der Waals surface area (Å²) in [5.74, 6) is 0.892. The smallest absolute Gasteiger partial charge is 0.0417 e. The molecule has 0 aliphatic heterocycles. The Morgan fingerprint density at radius 2 is 2.00 bits per heavy atom. The standard InChI is InChI=1S/C9H15IS/c1-11-9(10)7-8-5-3-2-4-6-8/h7-8H,2-6H2,1H3/b9-7-. The molecule has 0 radical (unpaired) electrons. The first-order valence-corrected chi connectivity index (χ1v) is 6.54. The van der Waals surface area contributed by atoms with Crippen LogP contribution in [0.15, 0.2) is 8.99 Å². The van der Waals surface area contributed by atoms with Gasteiger partial charge in [-0.1, -0.05) is 25.3 Å². The lowest BCUT2D eigenvalue weighted by atomic mass is 9.90. The van der Waals surface area contributed by atoms with Crippen molar-refractivity contribution in [1.82, 2.24) is 0 Å². The van der Waals surface area contributed by atoms with Crippen LogP contribution < -0.4 is 0 Å². The number of thioether (sulfide) groups is 1. The van der Waals surface area contributed by atoms with E-state index in [0.29, 0.717) is 0 Å². The molecule has 1 fully saturated rings. The third-order valence-electron chi connectivity index (χ3n) is 2.21. The zero-order chi connectivity index (χ0) is 8.10. The molecule has 1 rings (SSSR count). The first-order chi connectivity index (χ1) is 5.33. The third kappa shape index (κ3) is 3.83. The minimum absolute atomic E-state index is 0.892. The van der Waals surface area contributed by atoms with Gasteiger partial charge in [-0.3, -0.25) is 0 Å².